The second kappa shape index (κ2) is 8.38. The molecule has 3 rings (SSSR count). The van der Waals surface area contributed by atoms with E-state index in [0.717, 1.165) is 24.0 Å². The summed E-state index contributed by atoms with van der Waals surface area (Å²) in [5, 5.41) is 10.8. The van der Waals surface area contributed by atoms with Crippen molar-refractivity contribution in [3.05, 3.63) is 42.1 Å². The fourth-order valence-corrected chi connectivity index (χ4v) is 3.20. The second-order valence-electron chi connectivity index (χ2n) is 6.28. The maximum Gasteiger partial charge on any atom is 0.254 e. The number of ether oxygens (including phenoxy) is 1. The first kappa shape index (κ1) is 17.8. The van der Waals surface area contributed by atoms with Gasteiger partial charge in [0.15, 0.2) is 0 Å². The van der Waals surface area contributed by atoms with Gasteiger partial charge in [-0.1, -0.05) is 12.1 Å². The summed E-state index contributed by atoms with van der Waals surface area (Å²) in [4.78, 5) is 21.3. The number of hydrogen-bond acceptors (Lipinski definition) is 5. The van der Waals surface area contributed by atoms with Crippen LogP contribution in [0.4, 0.5) is 0 Å². The first-order valence-corrected chi connectivity index (χ1v) is 8.80. The Bertz CT molecular complexity index is 709. The van der Waals surface area contributed by atoms with Gasteiger partial charge in [-0.25, -0.2) is 0 Å². The molecule has 6 nitrogen and oxygen atoms in total. The number of carbonyl (C=O) groups is 1. The third-order valence-corrected chi connectivity index (χ3v) is 4.52. The van der Waals surface area contributed by atoms with Crippen LogP contribution in [0.15, 0.2) is 36.5 Å². The number of piperazine rings is 1. The van der Waals surface area contributed by atoms with E-state index in [0.29, 0.717) is 38.4 Å². The molecule has 1 aliphatic rings. The van der Waals surface area contributed by atoms with Crippen LogP contribution < -0.4 is 0 Å². The Morgan fingerprint density at radius 3 is 2.80 bits per heavy atom. The molecule has 1 N–H and O–H groups in total. The van der Waals surface area contributed by atoms with Crippen molar-refractivity contribution in [3.8, 4) is 0 Å². The van der Waals surface area contributed by atoms with Crippen molar-refractivity contribution in [3.63, 3.8) is 0 Å². The molecule has 1 fully saturated rings. The number of aliphatic hydroxyl groups excluding tert-OH is 1. The Hall–Kier alpha value is -2.02. The fraction of sp³-hybridized carbons (Fsp3) is 0.474. The molecule has 1 amide bonds. The van der Waals surface area contributed by atoms with Crippen molar-refractivity contribution in [1.82, 2.24) is 14.8 Å². The summed E-state index contributed by atoms with van der Waals surface area (Å²) >= 11 is 0. The lowest BCUT2D eigenvalue weighted by Crippen LogP contribution is -2.50. The molecule has 1 aromatic carbocycles. The molecule has 0 aliphatic carbocycles. The van der Waals surface area contributed by atoms with Crippen LogP contribution in [0.2, 0.25) is 0 Å². The number of β-amino-alcohol motifs (C(OH)–C–C–N with tert-alkyl or cyclic N) is 1. The maximum absolute atomic E-state index is 12.9. The molecular weight excluding hydrogens is 318 g/mol. The Kier molecular flexibility index (Phi) is 5.96. The molecule has 1 atom stereocenters. The van der Waals surface area contributed by atoms with Crippen molar-refractivity contribution in [2.24, 2.45) is 0 Å². The normalized spacial score (nSPS) is 17.0. The molecule has 0 spiro atoms. The molecule has 1 aromatic heterocycles. The van der Waals surface area contributed by atoms with Crippen LogP contribution in [-0.2, 0) is 4.74 Å². The van der Waals surface area contributed by atoms with E-state index in [1.165, 1.54) is 0 Å². The molecule has 1 aliphatic heterocycles. The average molecular weight is 343 g/mol. The number of aliphatic hydroxyl groups is 1. The van der Waals surface area contributed by atoms with Gasteiger partial charge in [0.25, 0.3) is 5.91 Å². The minimum absolute atomic E-state index is 0.0492. The molecule has 0 bridgehead atoms. The Labute approximate surface area is 148 Å². The minimum Gasteiger partial charge on any atom is -0.389 e. The summed E-state index contributed by atoms with van der Waals surface area (Å²) in [7, 11) is 0. The first-order chi connectivity index (χ1) is 12.2. The summed E-state index contributed by atoms with van der Waals surface area (Å²) in [5.41, 5.74) is 1.54. The molecule has 2 aromatic rings. The third-order valence-electron chi connectivity index (χ3n) is 4.52. The number of pyridine rings is 1. The van der Waals surface area contributed by atoms with Crippen molar-refractivity contribution >= 4 is 16.8 Å². The second-order valence-corrected chi connectivity index (χ2v) is 6.28. The van der Waals surface area contributed by atoms with Crippen LogP contribution in [0.1, 0.15) is 17.3 Å². The molecular formula is C19H25N3O3. The smallest absolute Gasteiger partial charge is 0.254 e. The highest BCUT2D eigenvalue weighted by Gasteiger charge is 2.24. The highest BCUT2D eigenvalue weighted by molar-refractivity contribution is 6.06. The predicted octanol–water partition coefficient (Wildman–Crippen LogP) is 1.39. The van der Waals surface area contributed by atoms with Gasteiger partial charge in [0.1, 0.15) is 0 Å². The van der Waals surface area contributed by atoms with Crippen LogP contribution in [-0.4, -0.2) is 77.8 Å². The van der Waals surface area contributed by atoms with E-state index in [2.05, 4.69) is 9.88 Å². The molecule has 0 radical (unpaired) electrons. The maximum atomic E-state index is 12.9. The number of nitrogens with zero attached hydrogens (tertiary/aromatic N) is 3. The minimum atomic E-state index is -0.480. The lowest BCUT2D eigenvalue weighted by atomic mass is 10.1. The van der Waals surface area contributed by atoms with Gasteiger partial charge in [-0.05, 0) is 25.1 Å². The summed E-state index contributed by atoms with van der Waals surface area (Å²) in [6.45, 7) is 6.32. The Morgan fingerprint density at radius 2 is 2.04 bits per heavy atom. The zero-order valence-corrected chi connectivity index (χ0v) is 14.6. The molecule has 134 valence electrons. The summed E-state index contributed by atoms with van der Waals surface area (Å²) < 4.78 is 5.25. The van der Waals surface area contributed by atoms with E-state index < -0.39 is 6.10 Å². The summed E-state index contributed by atoms with van der Waals surface area (Å²) in [6.07, 6.45) is 1.26. The van der Waals surface area contributed by atoms with E-state index in [-0.39, 0.29) is 5.91 Å². The number of aromatic nitrogens is 1. The van der Waals surface area contributed by atoms with Gasteiger partial charge in [-0.2, -0.15) is 0 Å². The predicted molar refractivity (Wildman–Crippen MR) is 96.6 cm³/mol. The summed E-state index contributed by atoms with van der Waals surface area (Å²) in [6, 6.07) is 9.46. The van der Waals surface area contributed by atoms with E-state index >= 15 is 0 Å². The average Bonchev–Trinajstić information content (AvgIpc) is 2.66. The van der Waals surface area contributed by atoms with Gasteiger partial charge < -0.3 is 14.7 Å². The standard InChI is InChI=1S/C19H25N3O3/c1-2-25-14-15(23)13-21-9-11-22(12-10-21)19(24)17-5-3-7-18-16(17)6-4-8-20-18/h3-8,15,23H,2,9-14H2,1H3. The van der Waals surface area contributed by atoms with Crippen molar-refractivity contribution in [2.75, 3.05) is 45.9 Å². The molecule has 0 saturated carbocycles. The van der Waals surface area contributed by atoms with Crippen LogP contribution in [0.5, 0.6) is 0 Å². The quantitative estimate of drug-likeness (QED) is 0.859. The van der Waals surface area contributed by atoms with Crippen LogP contribution in [0.3, 0.4) is 0 Å². The fourth-order valence-electron chi connectivity index (χ4n) is 3.20. The lowest BCUT2D eigenvalue weighted by Gasteiger charge is -2.35. The van der Waals surface area contributed by atoms with Crippen LogP contribution >= 0.6 is 0 Å². The zero-order valence-electron chi connectivity index (χ0n) is 14.6. The van der Waals surface area contributed by atoms with Crippen molar-refractivity contribution in [1.29, 1.82) is 0 Å². The molecule has 1 unspecified atom stereocenters. The van der Waals surface area contributed by atoms with Gasteiger partial charge in [0.05, 0.1) is 18.2 Å². The molecule has 1 saturated heterocycles. The third kappa shape index (κ3) is 4.34. The van der Waals surface area contributed by atoms with E-state index in [9.17, 15) is 9.90 Å². The number of carbonyl (C=O) groups excluding carboxylic acids is 1. The highest BCUT2D eigenvalue weighted by atomic mass is 16.5. The lowest BCUT2D eigenvalue weighted by molar-refractivity contribution is 0.0111. The monoisotopic (exact) mass is 343 g/mol. The summed E-state index contributed by atoms with van der Waals surface area (Å²) in [5.74, 6) is 0.0492. The van der Waals surface area contributed by atoms with Crippen molar-refractivity contribution in [2.45, 2.75) is 13.0 Å². The highest BCUT2D eigenvalue weighted by Crippen LogP contribution is 2.19. The van der Waals surface area contributed by atoms with Gasteiger partial charge in [-0.3, -0.25) is 14.7 Å². The number of hydrogen-bond donors (Lipinski definition) is 1. The molecule has 6 heteroatoms. The van der Waals surface area contributed by atoms with Gasteiger partial charge in [0.2, 0.25) is 0 Å². The molecule has 25 heavy (non-hydrogen) atoms. The van der Waals surface area contributed by atoms with Gasteiger partial charge >= 0.3 is 0 Å². The topological polar surface area (TPSA) is 65.9 Å². The zero-order chi connectivity index (χ0) is 17.6. The Morgan fingerprint density at radius 1 is 1.24 bits per heavy atom. The van der Waals surface area contributed by atoms with Gasteiger partial charge in [-0.15, -0.1) is 0 Å². The number of rotatable bonds is 6. The Balaban J connectivity index is 1.60. The van der Waals surface area contributed by atoms with E-state index in [4.69, 9.17) is 4.74 Å². The van der Waals surface area contributed by atoms with Crippen LogP contribution in [0, 0.1) is 0 Å². The van der Waals surface area contributed by atoms with Gasteiger partial charge in [0, 0.05) is 56.5 Å². The molecule has 2 heterocycles. The number of amides is 1. The number of fused-ring (bicyclic) bond motifs is 1. The SMILES string of the molecule is CCOCC(O)CN1CCN(C(=O)c2cccc3ncccc23)CC1. The van der Waals surface area contributed by atoms with E-state index in [1.54, 1.807) is 6.20 Å². The largest absolute Gasteiger partial charge is 0.389 e. The van der Waals surface area contributed by atoms with Crippen LogP contribution in [0.25, 0.3) is 10.9 Å². The van der Waals surface area contributed by atoms with Crippen molar-refractivity contribution < 1.29 is 14.6 Å². The van der Waals surface area contributed by atoms with E-state index in [1.807, 2.05) is 42.2 Å². The number of benzene rings is 1. The first-order valence-electron chi connectivity index (χ1n) is 8.80.